The largest absolute Gasteiger partial charge is 0.368 e. The number of thiophene rings is 1. The first-order chi connectivity index (χ1) is 11.2. The van der Waals surface area contributed by atoms with Crippen LogP contribution in [0.3, 0.4) is 0 Å². The molecule has 1 unspecified atom stereocenters. The van der Waals surface area contributed by atoms with Gasteiger partial charge in [-0.05, 0) is 30.2 Å². The molecule has 0 amide bonds. The molecule has 0 saturated heterocycles. The molecule has 0 fully saturated rings. The van der Waals surface area contributed by atoms with Crippen LogP contribution in [0.5, 0.6) is 0 Å². The normalized spacial score (nSPS) is 12.4. The predicted octanol–water partition coefficient (Wildman–Crippen LogP) is 4.34. The Kier molecular flexibility index (Phi) is 4.97. The highest BCUT2D eigenvalue weighted by molar-refractivity contribution is 7.98. The molecule has 7 heteroatoms. The number of nitrogens with zero attached hydrogens (tertiary/aromatic N) is 3. The van der Waals surface area contributed by atoms with Gasteiger partial charge >= 0.3 is 0 Å². The van der Waals surface area contributed by atoms with Crippen LogP contribution >= 0.6 is 23.1 Å². The van der Waals surface area contributed by atoms with Gasteiger partial charge in [0.15, 0.2) is 5.16 Å². The summed E-state index contributed by atoms with van der Waals surface area (Å²) in [5, 5.41) is 5.33. The van der Waals surface area contributed by atoms with Gasteiger partial charge in [0.25, 0.3) is 0 Å². The number of nitrogens with one attached hydrogen (secondary N) is 1. The molecule has 0 aliphatic heterocycles. The molecule has 0 saturated carbocycles. The van der Waals surface area contributed by atoms with E-state index in [1.807, 2.05) is 17.6 Å². The number of anilines is 2. The van der Waals surface area contributed by atoms with E-state index in [0.717, 1.165) is 12.8 Å². The second-order valence-corrected chi connectivity index (χ2v) is 7.06. The molecule has 120 valence electrons. The third-order valence-electron chi connectivity index (χ3n) is 3.48. The maximum absolute atomic E-state index is 5.77. The summed E-state index contributed by atoms with van der Waals surface area (Å²) in [6.45, 7) is 2.18. The highest BCUT2D eigenvalue weighted by Crippen LogP contribution is 2.33. The molecule has 0 aliphatic carbocycles. The van der Waals surface area contributed by atoms with Gasteiger partial charge in [0, 0.05) is 9.58 Å². The van der Waals surface area contributed by atoms with Crippen LogP contribution in [0.25, 0.3) is 10.1 Å². The Morgan fingerprint density at radius 2 is 2.09 bits per heavy atom. The van der Waals surface area contributed by atoms with E-state index in [1.54, 1.807) is 0 Å². The van der Waals surface area contributed by atoms with E-state index >= 15 is 0 Å². The number of nitrogens with two attached hydrogens (primary N) is 1. The molecule has 0 bridgehead atoms. The Morgan fingerprint density at radius 3 is 2.83 bits per heavy atom. The zero-order chi connectivity index (χ0) is 16.2. The van der Waals surface area contributed by atoms with Gasteiger partial charge in [0.1, 0.15) is 0 Å². The molecular formula is C16H19N5S2. The van der Waals surface area contributed by atoms with Crippen molar-refractivity contribution in [3.8, 4) is 0 Å². The molecule has 3 aromatic rings. The predicted molar refractivity (Wildman–Crippen MR) is 99.1 cm³/mol. The van der Waals surface area contributed by atoms with Crippen molar-refractivity contribution in [1.82, 2.24) is 15.0 Å². The van der Waals surface area contributed by atoms with Gasteiger partial charge in [-0.25, -0.2) is 0 Å². The fourth-order valence-electron chi connectivity index (χ4n) is 2.43. The number of rotatable bonds is 6. The summed E-state index contributed by atoms with van der Waals surface area (Å²) in [6.07, 6.45) is 4.00. The van der Waals surface area contributed by atoms with Crippen molar-refractivity contribution in [2.45, 2.75) is 31.0 Å². The Hall–Kier alpha value is -1.86. The molecule has 1 aromatic carbocycles. The molecule has 2 aromatic heterocycles. The smallest absolute Gasteiger partial charge is 0.229 e. The van der Waals surface area contributed by atoms with Gasteiger partial charge in [0.2, 0.25) is 11.9 Å². The minimum absolute atomic E-state index is 0.175. The van der Waals surface area contributed by atoms with Crippen LogP contribution in [0.15, 0.2) is 35.5 Å². The number of nitrogen functional groups attached to an aromatic ring is 1. The molecule has 0 spiro atoms. The molecule has 3 N–H and O–H groups in total. The second kappa shape index (κ2) is 7.14. The van der Waals surface area contributed by atoms with E-state index in [-0.39, 0.29) is 12.0 Å². The number of benzene rings is 1. The number of hydrogen-bond acceptors (Lipinski definition) is 7. The average Bonchev–Trinajstić information content (AvgIpc) is 2.98. The fraction of sp³-hybridized carbons (Fsp3) is 0.312. The van der Waals surface area contributed by atoms with E-state index in [0.29, 0.717) is 11.1 Å². The fourth-order valence-corrected chi connectivity index (χ4v) is 3.94. The molecular weight excluding hydrogens is 326 g/mol. The maximum Gasteiger partial charge on any atom is 0.229 e. The van der Waals surface area contributed by atoms with Crippen molar-refractivity contribution in [2.24, 2.45) is 0 Å². The quantitative estimate of drug-likeness (QED) is 0.647. The SMILES string of the molecule is CCCC(Nc1nc(N)nc(SC)n1)c1cc2ccccc2s1. The number of fused-ring (bicyclic) bond motifs is 1. The molecule has 23 heavy (non-hydrogen) atoms. The Morgan fingerprint density at radius 1 is 1.26 bits per heavy atom. The average molecular weight is 345 g/mol. The van der Waals surface area contributed by atoms with Crippen molar-refractivity contribution < 1.29 is 0 Å². The second-order valence-electron chi connectivity index (χ2n) is 5.18. The summed E-state index contributed by atoms with van der Waals surface area (Å²) in [5.74, 6) is 0.788. The molecule has 0 aliphatic rings. The van der Waals surface area contributed by atoms with Crippen LogP contribution in [0.4, 0.5) is 11.9 Å². The van der Waals surface area contributed by atoms with E-state index in [2.05, 4.69) is 57.5 Å². The molecule has 5 nitrogen and oxygen atoms in total. The number of thioether (sulfide) groups is 1. The Bertz CT molecular complexity index is 769. The molecule has 3 rings (SSSR count). The van der Waals surface area contributed by atoms with Crippen molar-refractivity contribution in [3.63, 3.8) is 0 Å². The van der Waals surface area contributed by atoms with Crippen LogP contribution in [-0.2, 0) is 0 Å². The lowest BCUT2D eigenvalue weighted by Crippen LogP contribution is -2.13. The van der Waals surface area contributed by atoms with Gasteiger partial charge in [-0.3, -0.25) is 0 Å². The highest BCUT2D eigenvalue weighted by atomic mass is 32.2. The van der Waals surface area contributed by atoms with E-state index in [9.17, 15) is 0 Å². The van der Waals surface area contributed by atoms with Gasteiger partial charge in [-0.15, -0.1) is 11.3 Å². The monoisotopic (exact) mass is 345 g/mol. The van der Waals surface area contributed by atoms with Gasteiger partial charge < -0.3 is 11.1 Å². The lowest BCUT2D eigenvalue weighted by molar-refractivity contribution is 0.677. The molecule has 0 radical (unpaired) electrons. The first-order valence-electron chi connectivity index (χ1n) is 7.50. The van der Waals surface area contributed by atoms with Gasteiger partial charge in [-0.1, -0.05) is 43.3 Å². The molecule has 2 heterocycles. The summed E-state index contributed by atoms with van der Waals surface area (Å²) in [7, 11) is 0. The summed E-state index contributed by atoms with van der Waals surface area (Å²) in [4.78, 5) is 14.0. The van der Waals surface area contributed by atoms with Crippen LogP contribution in [0, 0.1) is 0 Å². The van der Waals surface area contributed by atoms with Crippen molar-refractivity contribution in [1.29, 1.82) is 0 Å². The van der Waals surface area contributed by atoms with E-state index < -0.39 is 0 Å². The minimum Gasteiger partial charge on any atom is -0.368 e. The van der Waals surface area contributed by atoms with Crippen molar-refractivity contribution in [2.75, 3.05) is 17.3 Å². The standard InChI is InChI=1S/C16H19N5S2/c1-3-6-11(13-9-10-7-4-5-8-12(10)23-13)18-15-19-14(17)20-16(21-15)22-2/h4-5,7-9,11H,3,6H2,1-2H3,(H3,17,18,19,20,21). The van der Waals surface area contributed by atoms with Gasteiger partial charge in [0.05, 0.1) is 6.04 Å². The number of aromatic nitrogens is 3. The van der Waals surface area contributed by atoms with E-state index in [4.69, 9.17) is 5.73 Å². The highest BCUT2D eigenvalue weighted by Gasteiger charge is 2.16. The van der Waals surface area contributed by atoms with E-state index in [1.165, 1.54) is 26.7 Å². The van der Waals surface area contributed by atoms with Crippen LogP contribution < -0.4 is 11.1 Å². The minimum atomic E-state index is 0.175. The topological polar surface area (TPSA) is 76.7 Å². The first-order valence-corrected chi connectivity index (χ1v) is 9.54. The Labute approximate surface area is 143 Å². The zero-order valence-corrected chi connectivity index (χ0v) is 14.7. The molecule has 1 atom stereocenters. The van der Waals surface area contributed by atoms with Crippen molar-refractivity contribution >= 4 is 45.1 Å². The van der Waals surface area contributed by atoms with Gasteiger partial charge in [-0.2, -0.15) is 15.0 Å². The van der Waals surface area contributed by atoms with Crippen LogP contribution in [0.1, 0.15) is 30.7 Å². The summed E-state index contributed by atoms with van der Waals surface area (Å²) in [6, 6.07) is 10.9. The summed E-state index contributed by atoms with van der Waals surface area (Å²) in [5.41, 5.74) is 5.77. The Balaban J connectivity index is 1.90. The zero-order valence-electron chi connectivity index (χ0n) is 13.1. The maximum atomic E-state index is 5.77. The lowest BCUT2D eigenvalue weighted by atomic mass is 10.1. The summed E-state index contributed by atoms with van der Waals surface area (Å²) < 4.78 is 1.30. The third kappa shape index (κ3) is 3.73. The van der Waals surface area contributed by atoms with Crippen LogP contribution in [0.2, 0.25) is 0 Å². The third-order valence-corrected chi connectivity index (χ3v) is 5.26. The summed E-state index contributed by atoms with van der Waals surface area (Å²) >= 11 is 3.27. The first kappa shape index (κ1) is 16.0. The number of hydrogen-bond donors (Lipinski definition) is 2. The van der Waals surface area contributed by atoms with Crippen LogP contribution in [-0.4, -0.2) is 21.2 Å². The van der Waals surface area contributed by atoms with Crippen molar-refractivity contribution in [3.05, 3.63) is 35.2 Å². The lowest BCUT2D eigenvalue weighted by Gasteiger charge is -2.16.